The van der Waals surface area contributed by atoms with Gasteiger partial charge >= 0.3 is 0 Å². The Hall–Kier alpha value is -3.26. The molecule has 0 atom stereocenters. The molecule has 150 valence electrons. The molecule has 1 aliphatic heterocycles. The van der Waals surface area contributed by atoms with Gasteiger partial charge in [-0.2, -0.15) is 0 Å². The summed E-state index contributed by atoms with van der Waals surface area (Å²) in [6, 6.07) is 11.1. The van der Waals surface area contributed by atoms with Crippen LogP contribution >= 0.6 is 0 Å². The van der Waals surface area contributed by atoms with Crippen molar-refractivity contribution >= 4 is 28.1 Å². The third kappa shape index (κ3) is 4.12. The van der Waals surface area contributed by atoms with Crippen LogP contribution in [0.4, 0.5) is 17.2 Å². The van der Waals surface area contributed by atoms with Crippen molar-refractivity contribution in [1.29, 1.82) is 0 Å². The van der Waals surface area contributed by atoms with Gasteiger partial charge in [0.05, 0.1) is 4.92 Å². The largest absolute Gasteiger partial charge is 0.380 e. The Kier molecular flexibility index (Phi) is 5.26. The molecule has 1 fully saturated rings. The summed E-state index contributed by atoms with van der Waals surface area (Å²) >= 11 is 0. The number of non-ortho nitro benzene ring substituents is 1. The summed E-state index contributed by atoms with van der Waals surface area (Å²) < 4.78 is 0. The summed E-state index contributed by atoms with van der Waals surface area (Å²) in [5.41, 5.74) is 3.05. The molecule has 0 saturated carbocycles. The summed E-state index contributed by atoms with van der Waals surface area (Å²) in [5.74, 6) is 1.00. The van der Waals surface area contributed by atoms with Crippen molar-refractivity contribution in [3.05, 3.63) is 64.0 Å². The average Bonchev–Trinajstić information content (AvgIpc) is 2.72. The lowest BCUT2D eigenvalue weighted by Crippen LogP contribution is -2.44. The molecular formula is C21H24N6O2. The van der Waals surface area contributed by atoms with Crippen LogP contribution in [0.1, 0.15) is 11.3 Å². The van der Waals surface area contributed by atoms with Gasteiger partial charge in [-0.1, -0.05) is 18.2 Å². The van der Waals surface area contributed by atoms with E-state index in [2.05, 4.69) is 44.3 Å². The summed E-state index contributed by atoms with van der Waals surface area (Å²) in [7, 11) is 2.14. The molecule has 0 unspecified atom stereocenters. The molecule has 8 heteroatoms. The molecular weight excluding hydrogens is 368 g/mol. The van der Waals surface area contributed by atoms with Crippen molar-refractivity contribution in [1.82, 2.24) is 14.9 Å². The number of nitrogens with zero attached hydrogens (tertiary/aromatic N) is 5. The second-order valence-electron chi connectivity index (χ2n) is 7.41. The Morgan fingerprint density at radius 1 is 1.17 bits per heavy atom. The zero-order valence-corrected chi connectivity index (χ0v) is 16.6. The van der Waals surface area contributed by atoms with E-state index in [9.17, 15) is 10.1 Å². The van der Waals surface area contributed by atoms with Crippen molar-refractivity contribution in [2.75, 3.05) is 43.4 Å². The minimum Gasteiger partial charge on any atom is -0.380 e. The zero-order valence-electron chi connectivity index (χ0n) is 16.6. The number of piperazine rings is 1. The number of anilines is 2. The molecule has 1 N–H and O–H groups in total. The molecule has 0 spiro atoms. The van der Waals surface area contributed by atoms with Gasteiger partial charge in [0.15, 0.2) is 5.52 Å². The highest BCUT2D eigenvalue weighted by molar-refractivity contribution is 5.96. The summed E-state index contributed by atoms with van der Waals surface area (Å²) in [5, 5.41) is 15.5. The van der Waals surface area contributed by atoms with E-state index in [1.165, 1.54) is 6.07 Å². The monoisotopic (exact) mass is 392 g/mol. The van der Waals surface area contributed by atoms with Crippen LogP contribution in [0.2, 0.25) is 0 Å². The van der Waals surface area contributed by atoms with E-state index < -0.39 is 0 Å². The van der Waals surface area contributed by atoms with Crippen LogP contribution in [0.15, 0.2) is 42.6 Å². The molecule has 0 amide bonds. The average molecular weight is 392 g/mol. The minimum atomic E-state index is -0.389. The number of likely N-dealkylation sites (N-methyl/N-ethyl adjacent to an activating group) is 1. The first kappa shape index (κ1) is 19.1. The number of pyridine rings is 2. The maximum Gasteiger partial charge on any atom is 0.295 e. The third-order valence-corrected chi connectivity index (χ3v) is 5.26. The van der Waals surface area contributed by atoms with Crippen molar-refractivity contribution in [2.45, 2.75) is 13.5 Å². The predicted octanol–water partition coefficient (Wildman–Crippen LogP) is 3.21. The molecule has 2 aromatic heterocycles. The number of rotatable bonds is 5. The Balaban J connectivity index is 1.51. The van der Waals surface area contributed by atoms with E-state index in [1.54, 1.807) is 6.07 Å². The fourth-order valence-electron chi connectivity index (χ4n) is 3.60. The number of nitro groups is 1. The van der Waals surface area contributed by atoms with Crippen LogP contribution in [-0.4, -0.2) is 53.0 Å². The van der Waals surface area contributed by atoms with Crippen LogP contribution < -0.4 is 10.2 Å². The first-order chi connectivity index (χ1) is 14.0. The highest BCUT2D eigenvalue weighted by Crippen LogP contribution is 2.30. The van der Waals surface area contributed by atoms with Gasteiger partial charge < -0.3 is 15.1 Å². The summed E-state index contributed by atoms with van der Waals surface area (Å²) in [6.07, 6.45) is 1.89. The molecule has 0 bridgehead atoms. The van der Waals surface area contributed by atoms with E-state index in [0.717, 1.165) is 54.3 Å². The minimum absolute atomic E-state index is 0.0208. The fraction of sp³-hybridized carbons (Fsp3) is 0.333. The number of hydrogen-bond donors (Lipinski definition) is 1. The predicted molar refractivity (Wildman–Crippen MR) is 114 cm³/mol. The fourth-order valence-corrected chi connectivity index (χ4v) is 3.60. The number of hydrogen-bond acceptors (Lipinski definition) is 7. The van der Waals surface area contributed by atoms with Crippen LogP contribution in [0.25, 0.3) is 10.9 Å². The number of nitro benzene ring substituents is 1. The van der Waals surface area contributed by atoms with Crippen LogP contribution in [0.5, 0.6) is 0 Å². The van der Waals surface area contributed by atoms with Gasteiger partial charge in [-0.3, -0.25) is 10.1 Å². The third-order valence-electron chi connectivity index (χ3n) is 5.26. The Morgan fingerprint density at radius 2 is 1.97 bits per heavy atom. The van der Waals surface area contributed by atoms with E-state index in [4.69, 9.17) is 0 Å². The number of fused-ring (bicyclic) bond motifs is 1. The normalized spacial score (nSPS) is 14.9. The smallest absolute Gasteiger partial charge is 0.295 e. The van der Waals surface area contributed by atoms with Gasteiger partial charge in [0.25, 0.3) is 5.69 Å². The first-order valence-electron chi connectivity index (χ1n) is 9.68. The highest BCUT2D eigenvalue weighted by atomic mass is 16.6. The lowest BCUT2D eigenvalue weighted by molar-refractivity contribution is -0.383. The molecule has 1 aromatic carbocycles. The molecule has 1 saturated heterocycles. The second kappa shape index (κ2) is 8.00. The van der Waals surface area contributed by atoms with E-state index in [1.807, 2.05) is 25.3 Å². The zero-order chi connectivity index (χ0) is 20.4. The lowest BCUT2D eigenvalue weighted by Gasteiger charge is -2.33. The Morgan fingerprint density at radius 3 is 2.66 bits per heavy atom. The van der Waals surface area contributed by atoms with Crippen molar-refractivity contribution in [2.24, 2.45) is 0 Å². The number of nitrogens with one attached hydrogen (secondary N) is 1. The van der Waals surface area contributed by atoms with Gasteiger partial charge in [0.1, 0.15) is 5.82 Å². The molecule has 0 radical (unpaired) electrons. The molecule has 29 heavy (non-hydrogen) atoms. The number of aromatic nitrogens is 2. The molecule has 4 rings (SSSR count). The molecule has 3 aromatic rings. The van der Waals surface area contributed by atoms with Gasteiger partial charge in [-0.15, -0.1) is 0 Å². The quantitative estimate of drug-likeness (QED) is 0.527. The highest BCUT2D eigenvalue weighted by Gasteiger charge is 2.16. The van der Waals surface area contributed by atoms with Gasteiger partial charge in [-0.25, -0.2) is 9.97 Å². The Bertz CT molecular complexity index is 1030. The van der Waals surface area contributed by atoms with Gasteiger partial charge in [-0.05, 0) is 31.7 Å². The standard InChI is InChI=1S/C21H24N6O2/c1-15-12-18(17-4-3-5-19(27(28)29)21(17)24-15)22-13-16-6-7-20(23-14-16)26-10-8-25(2)9-11-26/h3-7,12,14H,8-11,13H2,1-2H3,(H,22,24). The summed E-state index contributed by atoms with van der Waals surface area (Å²) in [6.45, 7) is 6.49. The van der Waals surface area contributed by atoms with Crippen molar-refractivity contribution in [3.63, 3.8) is 0 Å². The van der Waals surface area contributed by atoms with Crippen LogP contribution in [0, 0.1) is 17.0 Å². The molecule has 8 nitrogen and oxygen atoms in total. The number of para-hydroxylation sites is 1. The number of aryl methyl sites for hydroxylation is 1. The first-order valence-corrected chi connectivity index (χ1v) is 9.68. The molecule has 3 heterocycles. The van der Waals surface area contributed by atoms with Gasteiger partial charge in [0, 0.05) is 61.8 Å². The molecule has 0 aliphatic carbocycles. The lowest BCUT2D eigenvalue weighted by atomic mass is 10.1. The van der Waals surface area contributed by atoms with E-state index in [-0.39, 0.29) is 10.6 Å². The maximum absolute atomic E-state index is 11.3. The SMILES string of the molecule is Cc1cc(NCc2ccc(N3CCN(C)CC3)nc2)c2cccc([N+](=O)[O-])c2n1. The van der Waals surface area contributed by atoms with Gasteiger partial charge in [0.2, 0.25) is 0 Å². The maximum atomic E-state index is 11.3. The number of benzene rings is 1. The van der Waals surface area contributed by atoms with Crippen LogP contribution in [0.3, 0.4) is 0 Å². The second-order valence-corrected chi connectivity index (χ2v) is 7.41. The topological polar surface area (TPSA) is 87.4 Å². The Labute approximate surface area is 169 Å². The van der Waals surface area contributed by atoms with Crippen molar-refractivity contribution in [3.8, 4) is 0 Å². The van der Waals surface area contributed by atoms with Crippen LogP contribution in [-0.2, 0) is 6.54 Å². The van der Waals surface area contributed by atoms with E-state index >= 15 is 0 Å². The van der Waals surface area contributed by atoms with Crippen molar-refractivity contribution < 1.29 is 4.92 Å². The summed E-state index contributed by atoms with van der Waals surface area (Å²) in [4.78, 5) is 24.6. The molecule has 1 aliphatic rings. The van der Waals surface area contributed by atoms with E-state index in [0.29, 0.717) is 12.1 Å².